The van der Waals surface area contributed by atoms with Gasteiger partial charge in [0.25, 0.3) is 0 Å². The van der Waals surface area contributed by atoms with Gasteiger partial charge in [0.1, 0.15) is 17.6 Å². The van der Waals surface area contributed by atoms with E-state index in [-0.39, 0.29) is 0 Å². The van der Waals surface area contributed by atoms with Gasteiger partial charge < -0.3 is 14.8 Å². The Morgan fingerprint density at radius 1 is 1.50 bits per heavy atom. The van der Waals surface area contributed by atoms with E-state index < -0.39 is 12.0 Å². The molecule has 0 amide bonds. The van der Waals surface area contributed by atoms with E-state index in [0.29, 0.717) is 6.54 Å². The summed E-state index contributed by atoms with van der Waals surface area (Å²) in [7, 11) is 0. The zero-order chi connectivity index (χ0) is 10.3. The highest BCUT2D eigenvalue weighted by molar-refractivity contribution is 5.77. The van der Waals surface area contributed by atoms with Crippen molar-refractivity contribution in [3.05, 3.63) is 22.6 Å². The number of carboxylic acid groups (broad SMARTS) is 1. The van der Waals surface area contributed by atoms with Gasteiger partial charge >= 0.3 is 5.97 Å². The van der Waals surface area contributed by atoms with Crippen LogP contribution in [0.4, 0.5) is 0 Å². The van der Waals surface area contributed by atoms with Crippen molar-refractivity contribution in [2.45, 2.75) is 26.3 Å². The van der Waals surface area contributed by atoms with Gasteiger partial charge in [0.2, 0.25) is 0 Å². The molecule has 0 aromatic carbocycles. The fourth-order valence-electron chi connectivity index (χ4n) is 2.09. The molecule has 2 heterocycles. The third-order valence-electron chi connectivity index (χ3n) is 2.69. The number of carbonyl (C=O) groups is 1. The third-order valence-corrected chi connectivity index (χ3v) is 2.69. The molecule has 0 spiro atoms. The van der Waals surface area contributed by atoms with Crippen LogP contribution >= 0.6 is 0 Å². The summed E-state index contributed by atoms with van der Waals surface area (Å²) in [5.74, 6) is 0.734. The van der Waals surface area contributed by atoms with Gasteiger partial charge in [0.15, 0.2) is 0 Å². The van der Waals surface area contributed by atoms with Crippen LogP contribution in [-0.4, -0.2) is 17.6 Å². The number of carboxylic acids is 1. The molecular weight excluding hydrogens is 182 g/mol. The zero-order valence-electron chi connectivity index (χ0n) is 8.26. The number of aryl methyl sites for hydroxylation is 2. The lowest BCUT2D eigenvalue weighted by Crippen LogP contribution is -2.34. The second-order valence-corrected chi connectivity index (χ2v) is 3.58. The van der Waals surface area contributed by atoms with Crippen LogP contribution in [-0.2, 0) is 11.2 Å². The first kappa shape index (κ1) is 9.27. The highest BCUT2D eigenvalue weighted by Gasteiger charge is 2.31. The molecule has 0 radical (unpaired) electrons. The van der Waals surface area contributed by atoms with Crippen LogP contribution in [0, 0.1) is 13.8 Å². The standard InChI is InChI=1S/C10H13NO3/c1-5-7-3-4-11-9(10(12)13)8(7)6(2)14-5/h9,11H,3-4H2,1-2H3,(H,12,13). The van der Waals surface area contributed by atoms with Gasteiger partial charge in [-0.25, -0.2) is 0 Å². The summed E-state index contributed by atoms with van der Waals surface area (Å²) < 4.78 is 5.44. The minimum Gasteiger partial charge on any atom is -0.480 e. The predicted octanol–water partition coefficient (Wildman–Crippen LogP) is 1.17. The Hall–Kier alpha value is -1.29. The van der Waals surface area contributed by atoms with E-state index in [1.165, 1.54) is 0 Å². The van der Waals surface area contributed by atoms with Crippen LogP contribution in [0.1, 0.15) is 28.7 Å². The molecule has 1 aromatic heterocycles. The smallest absolute Gasteiger partial charge is 0.325 e. The normalized spacial score (nSPS) is 20.6. The van der Waals surface area contributed by atoms with E-state index >= 15 is 0 Å². The topological polar surface area (TPSA) is 62.5 Å². The van der Waals surface area contributed by atoms with Gasteiger partial charge in [-0.2, -0.15) is 0 Å². The molecule has 0 bridgehead atoms. The second-order valence-electron chi connectivity index (χ2n) is 3.58. The molecule has 4 nitrogen and oxygen atoms in total. The summed E-state index contributed by atoms with van der Waals surface area (Å²) in [6, 6.07) is -0.601. The molecule has 0 fully saturated rings. The number of hydrogen-bond donors (Lipinski definition) is 2. The first-order valence-electron chi connectivity index (χ1n) is 4.66. The van der Waals surface area contributed by atoms with Crippen molar-refractivity contribution < 1.29 is 14.3 Å². The second kappa shape index (κ2) is 3.13. The molecular formula is C10H13NO3. The van der Waals surface area contributed by atoms with Crippen molar-refractivity contribution in [2.75, 3.05) is 6.54 Å². The Morgan fingerprint density at radius 2 is 2.21 bits per heavy atom. The van der Waals surface area contributed by atoms with E-state index in [2.05, 4.69) is 5.32 Å². The fraction of sp³-hybridized carbons (Fsp3) is 0.500. The Labute approximate surface area is 81.9 Å². The summed E-state index contributed by atoms with van der Waals surface area (Å²) in [5, 5.41) is 12.0. The first-order valence-corrected chi connectivity index (χ1v) is 4.66. The molecule has 0 saturated carbocycles. The van der Waals surface area contributed by atoms with Gasteiger partial charge in [0.05, 0.1) is 0 Å². The number of fused-ring (bicyclic) bond motifs is 1. The summed E-state index contributed by atoms with van der Waals surface area (Å²) in [6.45, 7) is 4.40. The van der Waals surface area contributed by atoms with Crippen molar-refractivity contribution in [1.29, 1.82) is 0 Å². The number of furan rings is 1. The largest absolute Gasteiger partial charge is 0.480 e. The molecule has 14 heavy (non-hydrogen) atoms. The van der Waals surface area contributed by atoms with Gasteiger partial charge in [-0.1, -0.05) is 0 Å². The molecule has 1 aromatic rings. The van der Waals surface area contributed by atoms with Crippen molar-refractivity contribution >= 4 is 5.97 Å². The molecule has 1 aliphatic rings. The molecule has 0 aliphatic carbocycles. The van der Waals surface area contributed by atoms with E-state index in [9.17, 15) is 4.79 Å². The Morgan fingerprint density at radius 3 is 2.86 bits per heavy atom. The summed E-state index contributed by atoms with van der Waals surface area (Å²) in [5.41, 5.74) is 1.88. The highest BCUT2D eigenvalue weighted by atomic mass is 16.4. The first-order chi connectivity index (χ1) is 6.61. The van der Waals surface area contributed by atoms with Crippen LogP contribution in [0.2, 0.25) is 0 Å². The molecule has 1 atom stereocenters. The van der Waals surface area contributed by atoms with Crippen molar-refractivity contribution in [2.24, 2.45) is 0 Å². The minimum atomic E-state index is -0.838. The molecule has 4 heteroatoms. The lowest BCUT2D eigenvalue weighted by molar-refractivity contribution is -0.139. The minimum absolute atomic E-state index is 0.601. The molecule has 1 unspecified atom stereocenters. The fourth-order valence-corrected chi connectivity index (χ4v) is 2.09. The average Bonchev–Trinajstić information content (AvgIpc) is 2.43. The molecule has 0 saturated heterocycles. The van der Waals surface area contributed by atoms with Crippen LogP contribution in [0.15, 0.2) is 4.42 Å². The Bertz CT molecular complexity index is 381. The van der Waals surface area contributed by atoms with Crippen molar-refractivity contribution in [3.8, 4) is 0 Å². The number of rotatable bonds is 1. The lowest BCUT2D eigenvalue weighted by Gasteiger charge is -2.20. The summed E-state index contributed by atoms with van der Waals surface area (Å²) in [6.07, 6.45) is 0.849. The molecule has 2 N–H and O–H groups in total. The van der Waals surface area contributed by atoms with E-state index in [1.807, 2.05) is 13.8 Å². The zero-order valence-corrected chi connectivity index (χ0v) is 8.26. The van der Waals surface area contributed by atoms with Gasteiger partial charge in [0, 0.05) is 17.7 Å². The monoisotopic (exact) mass is 195 g/mol. The number of hydrogen-bond acceptors (Lipinski definition) is 3. The summed E-state index contributed by atoms with van der Waals surface area (Å²) in [4.78, 5) is 11.0. The third kappa shape index (κ3) is 1.23. The van der Waals surface area contributed by atoms with Gasteiger partial charge in [-0.05, 0) is 20.3 Å². The number of aliphatic carboxylic acids is 1. The molecule has 1 aliphatic heterocycles. The Balaban J connectivity index is 2.53. The van der Waals surface area contributed by atoms with E-state index in [1.54, 1.807) is 0 Å². The van der Waals surface area contributed by atoms with Crippen LogP contribution in [0.5, 0.6) is 0 Å². The average molecular weight is 195 g/mol. The van der Waals surface area contributed by atoms with Crippen LogP contribution in [0.3, 0.4) is 0 Å². The van der Waals surface area contributed by atoms with Crippen LogP contribution < -0.4 is 5.32 Å². The van der Waals surface area contributed by atoms with Gasteiger partial charge in [-0.3, -0.25) is 4.79 Å². The van der Waals surface area contributed by atoms with E-state index in [0.717, 1.165) is 29.1 Å². The SMILES string of the molecule is Cc1oc(C)c2c1CCNC2C(=O)O. The van der Waals surface area contributed by atoms with Crippen molar-refractivity contribution in [3.63, 3.8) is 0 Å². The van der Waals surface area contributed by atoms with Crippen molar-refractivity contribution in [1.82, 2.24) is 5.32 Å². The number of nitrogens with one attached hydrogen (secondary N) is 1. The maximum absolute atomic E-state index is 11.0. The summed E-state index contributed by atoms with van der Waals surface area (Å²) >= 11 is 0. The predicted molar refractivity (Wildman–Crippen MR) is 50.3 cm³/mol. The molecule has 2 rings (SSSR count). The lowest BCUT2D eigenvalue weighted by atomic mass is 9.95. The quantitative estimate of drug-likeness (QED) is 0.706. The van der Waals surface area contributed by atoms with Crippen LogP contribution in [0.25, 0.3) is 0 Å². The molecule has 76 valence electrons. The maximum Gasteiger partial charge on any atom is 0.325 e. The van der Waals surface area contributed by atoms with Gasteiger partial charge in [-0.15, -0.1) is 0 Å². The Kier molecular flexibility index (Phi) is 2.07. The van der Waals surface area contributed by atoms with E-state index in [4.69, 9.17) is 9.52 Å². The maximum atomic E-state index is 11.0. The highest BCUT2D eigenvalue weighted by Crippen LogP contribution is 2.30.